The Morgan fingerprint density at radius 3 is 1.85 bits per heavy atom. The third-order valence-corrected chi connectivity index (χ3v) is 14.0. The summed E-state index contributed by atoms with van der Waals surface area (Å²) >= 11 is 0. The third-order valence-electron chi connectivity index (χ3n) is 14.0. The molecule has 0 unspecified atom stereocenters. The second kappa shape index (κ2) is 17.2. The van der Waals surface area contributed by atoms with E-state index < -0.39 is 0 Å². The molecule has 316 valence electrons. The van der Waals surface area contributed by atoms with E-state index in [0.717, 1.165) is 61.3 Å². The number of aryl methyl sites for hydroxylation is 1. The minimum absolute atomic E-state index is 0.0777. The molecule has 65 heavy (non-hydrogen) atoms. The highest BCUT2D eigenvalue weighted by Gasteiger charge is 2.41. The van der Waals surface area contributed by atoms with Crippen molar-refractivity contribution in [3.63, 3.8) is 0 Å². The highest BCUT2D eigenvalue weighted by molar-refractivity contribution is 5.89. The first-order valence-corrected chi connectivity index (χ1v) is 23.4. The molecular formula is C62H53N3. The molecule has 7 aromatic carbocycles. The van der Waals surface area contributed by atoms with Gasteiger partial charge in [0, 0.05) is 33.7 Å². The van der Waals surface area contributed by atoms with E-state index in [1.165, 1.54) is 78.4 Å². The second-order valence-corrected chi connectivity index (χ2v) is 17.6. The van der Waals surface area contributed by atoms with Gasteiger partial charge in [0.15, 0.2) is 0 Å². The number of nitrogens with zero attached hydrogens (tertiary/aromatic N) is 3. The van der Waals surface area contributed by atoms with Crippen LogP contribution in [0, 0.1) is 0 Å². The van der Waals surface area contributed by atoms with Gasteiger partial charge in [0.2, 0.25) is 0 Å². The Hall–Kier alpha value is -7.49. The van der Waals surface area contributed by atoms with Gasteiger partial charge in [-0.1, -0.05) is 166 Å². The zero-order valence-electron chi connectivity index (χ0n) is 37.3. The maximum absolute atomic E-state index is 5.40. The number of para-hydroxylation sites is 2. The van der Waals surface area contributed by atoms with Gasteiger partial charge in [0.05, 0.1) is 11.4 Å². The van der Waals surface area contributed by atoms with Crippen LogP contribution in [0.2, 0.25) is 0 Å². The molecule has 8 aromatic rings. The molecule has 0 spiro atoms. The van der Waals surface area contributed by atoms with Crippen LogP contribution >= 0.6 is 0 Å². The molecule has 3 heteroatoms. The maximum atomic E-state index is 5.40. The number of hydrogen-bond donors (Lipinski definition) is 0. The summed E-state index contributed by atoms with van der Waals surface area (Å²) in [5.41, 5.74) is 21.0. The monoisotopic (exact) mass is 839 g/mol. The molecule has 3 nitrogen and oxygen atoms in total. The lowest BCUT2D eigenvalue weighted by Gasteiger charge is -2.32. The van der Waals surface area contributed by atoms with Crippen LogP contribution < -0.4 is 4.90 Å². The molecule has 11 rings (SSSR count). The fourth-order valence-electron chi connectivity index (χ4n) is 10.6. The molecule has 0 bridgehead atoms. The minimum atomic E-state index is -0.0777. The van der Waals surface area contributed by atoms with Crippen LogP contribution in [0.5, 0.6) is 0 Å². The van der Waals surface area contributed by atoms with E-state index in [9.17, 15) is 0 Å². The summed E-state index contributed by atoms with van der Waals surface area (Å²) in [4.78, 5) is 7.78. The Kier molecular flexibility index (Phi) is 10.7. The molecule has 3 aliphatic rings. The van der Waals surface area contributed by atoms with Crippen molar-refractivity contribution in [3.8, 4) is 44.8 Å². The molecular weight excluding hydrogens is 787 g/mol. The van der Waals surface area contributed by atoms with E-state index in [4.69, 9.17) is 4.98 Å². The maximum Gasteiger partial charge on any atom is 0.145 e. The van der Waals surface area contributed by atoms with E-state index in [1.54, 1.807) is 0 Å². The zero-order chi connectivity index (χ0) is 43.7. The molecule has 3 aliphatic carbocycles. The molecule has 0 saturated carbocycles. The first-order chi connectivity index (χ1) is 32.1. The van der Waals surface area contributed by atoms with Crippen molar-refractivity contribution in [1.29, 1.82) is 0 Å². The van der Waals surface area contributed by atoms with Crippen molar-refractivity contribution in [2.75, 3.05) is 4.90 Å². The number of allylic oxidation sites excluding steroid dienone is 5. The van der Waals surface area contributed by atoms with E-state index in [0.29, 0.717) is 0 Å². The second-order valence-electron chi connectivity index (χ2n) is 17.6. The molecule has 0 aliphatic heterocycles. The average Bonchev–Trinajstić information content (AvgIpc) is 3.90. The van der Waals surface area contributed by atoms with Crippen molar-refractivity contribution in [1.82, 2.24) is 9.55 Å². The average molecular weight is 840 g/mol. The summed E-state index contributed by atoms with van der Waals surface area (Å²) in [6.07, 6.45) is 21.9. The van der Waals surface area contributed by atoms with Crippen LogP contribution in [-0.4, -0.2) is 9.55 Å². The largest absolute Gasteiger partial charge is 0.310 e. The fourth-order valence-corrected chi connectivity index (χ4v) is 10.6. The Morgan fingerprint density at radius 1 is 0.538 bits per heavy atom. The van der Waals surface area contributed by atoms with Crippen molar-refractivity contribution in [2.24, 2.45) is 0 Å². The Bertz CT molecular complexity index is 3100. The van der Waals surface area contributed by atoms with E-state index in [-0.39, 0.29) is 5.41 Å². The lowest BCUT2D eigenvalue weighted by Crippen LogP contribution is -2.23. The molecule has 1 aromatic heterocycles. The van der Waals surface area contributed by atoms with Crippen molar-refractivity contribution >= 4 is 41.0 Å². The smallest absolute Gasteiger partial charge is 0.145 e. The number of imidazole rings is 1. The number of fused-ring (bicyclic) bond motifs is 4. The van der Waals surface area contributed by atoms with E-state index in [1.807, 2.05) is 0 Å². The van der Waals surface area contributed by atoms with Gasteiger partial charge in [0.25, 0.3) is 0 Å². The van der Waals surface area contributed by atoms with E-state index >= 15 is 0 Å². The molecule has 1 heterocycles. The molecule has 0 atom stereocenters. The van der Waals surface area contributed by atoms with Crippen LogP contribution in [0.3, 0.4) is 0 Å². The van der Waals surface area contributed by atoms with Gasteiger partial charge in [-0.2, -0.15) is 0 Å². The van der Waals surface area contributed by atoms with Crippen LogP contribution in [0.25, 0.3) is 68.7 Å². The lowest BCUT2D eigenvalue weighted by molar-refractivity contribution is 0.490. The van der Waals surface area contributed by atoms with Crippen LogP contribution in [-0.2, 0) is 11.8 Å². The summed E-state index contributed by atoms with van der Waals surface area (Å²) in [5.74, 6) is 1.02. The normalized spacial score (nSPS) is 14.5. The fraction of sp³-hybridized carbons (Fsp3) is 0.145. The quantitative estimate of drug-likeness (QED) is 0.121. The van der Waals surface area contributed by atoms with Crippen LogP contribution in [0.1, 0.15) is 79.6 Å². The molecule has 0 amide bonds. The van der Waals surface area contributed by atoms with Gasteiger partial charge >= 0.3 is 0 Å². The van der Waals surface area contributed by atoms with Gasteiger partial charge in [-0.3, -0.25) is 4.57 Å². The number of hydrogen-bond acceptors (Lipinski definition) is 2. The number of benzene rings is 7. The topological polar surface area (TPSA) is 21.1 Å². The molecule has 0 N–H and O–H groups in total. The Balaban J connectivity index is 0.930. The highest BCUT2D eigenvalue weighted by Crippen LogP contribution is 2.54. The first-order valence-electron chi connectivity index (χ1n) is 23.4. The standard InChI is InChI=1S/C62H53N3/c1-3-62(4-2)57-41-45(33-38-53(57)54-40-37-52(43-58(54)62)64(49-21-11-6-12-22-49)50-23-13-7-14-24-50)30-29-44-31-34-47(35-32-44)56-42-48(46-19-9-5-10-20-46)36-39-55(56)61-63-59-27-17-18-28-60(59)65(61)51-25-15-8-16-26-51/h5-15,18-25,28-43H,3-4,16-17,26-27H2,1-2H3/b30-29+. The highest BCUT2D eigenvalue weighted by atomic mass is 15.1. The van der Waals surface area contributed by atoms with Crippen LogP contribution in [0.4, 0.5) is 17.1 Å². The number of rotatable bonds is 11. The summed E-state index contributed by atoms with van der Waals surface area (Å²) < 4.78 is 2.43. The Labute approximate surface area is 384 Å². The summed E-state index contributed by atoms with van der Waals surface area (Å²) in [7, 11) is 0. The summed E-state index contributed by atoms with van der Waals surface area (Å²) in [6, 6.07) is 62.4. The van der Waals surface area contributed by atoms with E-state index in [2.05, 4.69) is 236 Å². The summed E-state index contributed by atoms with van der Waals surface area (Å²) in [6.45, 7) is 4.71. The van der Waals surface area contributed by atoms with Gasteiger partial charge in [-0.15, -0.1) is 0 Å². The predicted molar refractivity (Wildman–Crippen MR) is 275 cm³/mol. The van der Waals surface area contributed by atoms with Gasteiger partial charge in [-0.25, -0.2) is 4.98 Å². The van der Waals surface area contributed by atoms with Crippen LogP contribution in [0.15, 0.2) is 194 Å². The number of aromatic nitrogens is 2. The molecule has 0 saturated heterocycles. The van der Waals surface area contributed by atoms with Gasteiger partial charge in [-0.05, 0) is 155 Å². The number of anilines is 3. The van der Waals surface area contributed by atoms with Gasteiger partial charge in [0.1, 0.15) is 5.82 Å². The Morgan fingerprint density at radius 2 is 1.15 bits per heavy atom. The first kappa shape index (κ1) is 40.3. The van der Waals surface area contributed by atoms with Gasteiger partial charge < -0.3 is 4.90 Å². The van der Waals surface area contributed by atoms with Crippen molar-refractivity contribution < 1.29 is 0 Å². The molecule has 0 fully saturated rings. The predicted octanol–water partition coefficient (Wildman–Crippen LogP) is 16.8. The lowest BCUT2D eigenvalue weighted by atomic mass is 9.73. The van der Waals surface area contributed by atoms with Crippen molar-refractivity contribution in [2.45, 2.75) is 57.8 Å². The van der Waals surface area contributed by atoms with Crippen molar-refractivity contribution in [3.05, 3.63) is 228 Å². The minimum Gasteiger partial charge on any atom is -0.310 e. The third kappa shape index (κ3) is 7.31. The SMILES string of the molecule is CCC1(CC)c2cc(/C=C/c3ccc(-c4cc(-c5ccccc5)ccc4-c4nc5c(n4C4=CC=CCC4)C=CCC5)cc3)ccc2-c2ccc(N(c3ccccc3)c3ccccc3)cc21. The zero-order valence-corrected chi connectivity index (χ0v) is 37.3. The summed E-state index contributed by atoms with van der Waals surface area (Å²) in [5, 5.41) is 0. The molecule has 0 radical (unpaired) electrons.